The van der Waals surface area contributed by atoms with E-state index in [9.17, 15) is 0 Å². The molecule has 2 rings (SSSR count). The second-order valence-corrected chi connectivity index (χ2v) is 3.67. The number of ether oxygens (including phenoxy) is 1. The molecule has 14 heavy (non-hydrogen) atoms. The second kappa shape index (κ2) is 5.07. The number of aromatic nitrogens is 3. The van der Waals surface area contributed by atoms with Crippen LogP contribution in [0.1, 0.15) is 18.5 Å². The van der Waals surface area contributed by atoms with E-state index in [0.29, 0.717) is 12.5 Å². The molecule has 1 saturated heterocycles. The molecular weight excluding hydrogens is 180 g/mol. The van der Waals surface area contributed by atoms with Gasteiger partial charge >= 0.3 is 0 Å². The van der Waals surface area contributed by atoms with Crippen molar-refractivity contribution in [1.82, 2.24) is 20.7 Å². The van der Waals surface area contributed by atoms with Crippen LogP contribution in [0.4, 0.5) is 0 Å². The molecule has 0 bridgehead atoms. The predicted octanol–water partition coefficient (Wildman–Crippen LogP) is 0.321. The Labute approximate surface area is 83.2 Å². The average molecular weight is 196 g/mol. The number of rotatable bonds is 4. The highest BCUT2D eigenvalue weighted by Gasteiger charge is 2.12. The maximum absolute atomic E-state index is 5.57. The summed E-state index contributed by atoms with van der Waals surface area (Å²) in [5.41, 5.74) is 0.874. The summed E-state index contributed by atoms with van der Waals surface area (Å²) in [4.78, 5) is 0. The van der Waals surface area contributed by atoms with Gasteiger partial charge in [0.05, 0.1) is 13.2 Å². The van der Waals surface area contributed by atoms with Gasteiger partial charge in [-0.05, 0) is 31.8 Å². The van der Waals surface area contributed by atoms with Gasteiger partial charge in [-0.15, -0.1) is 5.10 Å². The van der Waals surface area contributed by atoms with Gasteiger partial charge in [0.1, 0.15) is 5.69 Å². The molecule has 0 saturated carbocycles. The van der Waals surface area contributed by atoms with Crippen molar-refractivity contribution in [2.75, 3.05) is 19.7 Å². The molecule has 1 aromatic rings. The van der Waals surface area contributed by atoms with Gasteiger partial charge in [-0.25, -0.2) is 0 Å². The molecule has 0 spiro atoms. The number of H-pyrrole nitrogens is 1. The van der Waals surface area contributed by atoms with Gasteiger partial charge in [0, 0.05) is 6.20 Å². The summed E-state index contributed by atoms with van der Waals surface area (Å²) in [6.07, 6.45) is 4.21. The lowest BCUT2D eigenvalue weighted by Crippen LogP contribution is -2.29. The van der Waals surface area contributed by atoms with Crippen LogP contribution in [0.5, 0.6) is 0 Å². The summed E-state index contributed by atoms with van der Waals surface area (Å²) in [5.74, 6) is 0.711. The van der Waals surface area contributed by atoms with E-state index < -0.39 is 0 Å². The molecule has 0 aliphatic carbocycles. The van der Waals surface area contributed by atoms with Crippen molar-refractivity contribution >= 4 is 0 Å². The van der Waals surface area contributed by atoms with Crippen LogP contribution >= 0.6 is 0 Å². The van der Waals surface area contributed by atoms with Crippen molar-refractivity contribution in [3.8, 4) is 0 Å². The summed E-state index contributed by atoms with van der Waals surface area (Å²) in [6, 6.07) is 0. The molecule has 5 heteroatoms. The summed E-state index contributed by atoms with van der Waals surface area (Å²) in [5, 5.41) is 13.5. The fourth-order valence-electron chi connectivity index (χ4n) is 1.67. The van der Waals surface area contributed by atoms with Gasteiger partial charge < -0.3 is 10.1 Å². The lowest BCUT2D eigenvalue weighted by atomic mass is 9.99. The normalized spacial score (nSPS) is 18.6. The maximum Gasteiger partial charge on any atom is 0.108 e. The van der Waals surface area contributed by atoms with Crippen LogP contribution in [0.2, 0.25) is 0 Å². The fourth-order valence-corrected chi connectivity index (χ4v) is 1.67. The Hall–Kier alpha value is -0.940. The van der Waals surface area contributed by atoms with Crippen molar-refractivity contribution in [2.24, 2.45) is 5.92 Å². The summed E-state index contributed by atoms with van der Waals surface area (Å²) in [7, 11) is 0. The molecule has 0 radical (unpaired) electrons. The van der Waals surface area contributed by atoms with Crippen LogP contribution in [-0.4, -0.2) is 35.1 Å². The highest BCUT2D eigenvalue weighted by molar-refractivity contribution is 4.86. The third kappa shape index (κ3) is 2.78. The lowest BCUT2D eigenvalue weighted by Gasteiger charge is -2.21. The van der Waals surface area contributed by atoms with E-state index in [1.807, 2.05) is 0 Å². The van der Waals surface area contributed by atoms with E-state index in [1.165, 1.54) is 12.8 Å². The fraction of sp³-hybridized carbons (Fsp3) is 0.778. The van der Waals surface area contributed by atoms with Crippen LogP contribution in [0.3, 0.4) is 0 Å². The Balaban J connectivity index is 1.62. The van der Waals surface area contributed by atoms with Gasteiger partial charge in [0.25, 0.3) is 0 Å². The molecule has 2 N–H and O–H groups in total. The van der Waals surface area contributed by atoms with Crippen molar-refractivity contribution in [2.45, 2.75) is 19.4 Å². The molecule has 0 aromatic carbocycles. The van der Waals surface area contributed by atoms with Crippen molar-refractivity contribution < 1.29 is 4.74 Å². The molecule has 1 aromatic heterocycles. The first-order valence-electron chi connectivity index (χ1n) is 5.09. The van der Waals surface area contributed by atoms with Crippen molar-refractivity contribution in [1.29, 1.82) is 0 Å². The van der Waals surface area contributed by atoms with Crippen LogP contribution in [0.25, 0.3) is 0 Å². The third-order valence-corrected chi connectivity index (χ3v) is 2.53. The molecule has 0 unspecified atom stereocenters. The minimum Gasteiger partial charge on any atom is -0.375 e. The van der Waals surface area contributed by atoms with E-state index in [2.05, 4.69) is 20.7 Å². The van der Waals surface area contributed by atoms with E-state index in [-0.39, 0.29) is 0 Å². The average Bonchev–Trinajstić information content (AvgIpc) is 2.72. The zero-order valence-electron chi connectivity index (χ0n) is 8.20. The van der Waals surface area contributed by atoms with Gasteiger partial charge in [0.2, 0.25) is 0 Å². The number of hydrogen-bond acceptors (Lipinski definition) is 4. The largest absolute Gasteiger partial charge is 0.375 e. The van der Waals surface area contributed by atoms with Crippen LogP contribution in [-0.2, 0) is 11.3 Å². The number of aromatic amines is 1. The summed E-state index contributed by atoms with van der Waals surface area (Å²) >= 11 is 0. The quantitative estimate of drug-likeness (QED) is 0.728. The smallest absolute Gasteiger partial charge is 0.108 e. The van der Waals surface area contributed by atoms with E-state index in [4.69, 9.17) is 4.74 Å². The Morgan fingerprint density at radius 1 is 1.43 bits per heavy atom. The molecule has 78 valence electrons. The zero-order chi connectivity index (χ0) is 9.64. The summed E-state index contributed by atoms with van der Waals surface area (Å²) in [6.45, 7) is 3.66. The van der Waals surface area contributed by atoms with E-state index in [0.717, 1.165) is 25.4 Å². The van der Waals surface area contributed by atoms with Gasteiger partial charge in [-0.1, -0.05) is 5.21 Å². The van der Waals surface area contributed by atoms with Crippen LogP contribution < -0.4 is 5.32 Å². The van der Waals surface area contributed by atoms with Gasteiger partial charge in [-0.2, -0.15) is 0 Å². The Morgan fingerprint density at radius 3 is 3.00 bits per heavy atom. The van der Waals surface area contributed by atoms with E-state index in [1.54, 1.807) is 6.20 Å². The molecule has 5 nitrogen and oxygen atoms in total. The highest BCUT2D eigenvalue weighted by atomic mass is 16.5. The maximum atomic E-state index is 5.57. The summed E-state index contributed by atoms with van der Waals surface area (Å²) < 4.78 is 5.57. The number of nitrogens with zero attached hydrogens (tertiary/aromatic N) is 2. The minimum atomic E-state index is 0.570. The molecular formula is C9H16N4O. The predicted molar refractivity (Wildman–Crippen MR) is 51.6 cm³/mol. The van der Waals surface area contributed by atoms with Crippen LogP contribution in [0, 0.1) is 5.92 Å². The Kier molecular flexibility index (Phi) is 3.48. The van der Waals surface area contributed by atoms with Gasteiger partial charge in [0.15, 0.2) is 0 Å². The topological polar surface area (TPSA) is 62.8 Å². The molecule has 1 aliphatic rings. The zero-order valence-corrected chi connectivity index (χ0v) is 8.20. The number of nitrogens with one attached hydrogen (secondary N) is 2. The van der Waals surface area contributed by atoms with E-state index >= 15 is 0 Å². The van der Waals surface area contributed by atoms with Crippen molar-refractivity contribution in [3.05, 3.63) is 11.9 Å². The minimum absolute atomic E-state index is 0.570. The standard InChI is InChI=1S/C9H16N4O/c1-3-10-4-2-8(1)6-14-7-9-5-11-13-12-9/h5,8,10H,1-4,6-7H2,(H,11,12,13). The monoisotopic (exact) mass is 196 g/mol. The molecule has 2 heterocycles. The number of piperidine rings is 1. The third-order valence-electron chi connectivity index (χ3n) is 2.53. The van der Waals surface area contributed by atoms with Gasteiger partial charge in [-0.3, -0.25) is 5.10 Å². The molecule has 1 fully saturated rings. The number of hydrogen-bond donors (Lipinski definition) is 2. The lowest BCUT2D eigenvalue weighted by molar-refractivity contribution is 0.0744. The Morgan fingerprint density at radius 2 is 2.29 bits per heavy atom. The highest BCUT2D eigenvalue weighted by Crippen LogP contribution is 2.12. The second-order valence-electron chi connectivity index (χ2n) is 3.67. The van der Waals surface area contributed by atoms with Crippen LogP contribution in [0.15, 0.2) is 6.20 Å². The molecule has 1 aliphatic heterocycles. The molecule has 0 amide bonds. The first-order chi connectivity index (χ1) is 6.95. The van der Waals surface area contributed by atoms with Crippen molar-refractivity contribution in [3.63, 3.8) is 0 Å². The first kappa shape index (κ1) is 9.61. The first-order valence-corrected chi connectivity index (χ1v) is 5.09. The SMILES string of the molecule is c1[nH]nnc1COCC1CCNCC1. The Bertz CT molecular complexity index is 243. The molecule has 0 atom stereocenters.